The van der Waals surface area contributed by atoms with E-state index in [1.165, 1.54) is 0 Å². The highest BCUT2D eigenvalue weighted by atomic mass is 16.2. The van der Waals surface area contributed by atoms with E-state index in [4.69, 9.17) is 0 Å². The molecule has 1 aliphatic heterocycles. The minimum absolute atomic E-state index is 0.00973. The SMILES string of the molecule is CC#CC(=O)N(CCCC)C1CCN(C)CC1. The molecule has 0 saturated carbocycles. The minimum atomic E-state index is 0.00973. The normalized spacial score (nSPS) is 17.4. The van der Waals surface area contributed by atoms with Gasteiger partial charge in [-0.15, -0.1) is 0 Å². The molecule has 1 saturated heterocycles. The number of likely N-dealkylation sites (tertiary alicyclic amines) is 1. The van der Waals surface area contributed by atoms with Crippen molar-refractivity contribution < 1.29 is 4.79 Å². The second-order valence-electron chi connectivity index (χ2n) is 4.76. The van der Waals surface area contributed by atoms with E-state index in [9.17, 15) is 4.79 Å². The third-order valence-corrected chi connectivity index (χ3v) is 3.37. The first-order valence-corrected chi connectivity index (χ1v) is 6.61. The molecule has 0 aromatic carbocycles. The Bertz CT molecular complexity index is 295. The van der Waals surface area contributed by atoms with Gasteiger partial charge < -0.3 is 9.80 Å². The average Bonchev–Trinajstić information content (AvgIpc) is 2.32. The van der Waals surface area contributed by atoms with Gasteiger partial charge in [0.05, 0.1) is 0 Å². The van der Waals surface area contributed by atoms with Crippen molar-refractivity contribution in [2.24, 2.45) is 0 Å². The summed E-state index contributed by atoms with van der Waals surface area (Å²) in [5.74, 6) is 5.42. The van der Waals surface area contributed by atoms with Crippen molar-refractivity contribution in [3.05, 3.63) is 0 Å². The molecule has 1 aliphatic rings. The number of piperidine rings is 1. The molecule has 96 valence electrons. The van der Waals surface area contributed by atoms with Gasteiger partial charge in [0.25, 0.3) is 5.91 Å². The minimum Gasteiger partial charge on any atom is -0.329 e. The maximum absolute atomic E-state index is 12.0. The van der Waals surface area contributed by atoms with Gasteiger partial charge in [0.15, 0.2) is 0 Å². The molecule has 3 heteroatoms. The fourth-order valence-electron chi connectivity index (χ4n) is 2.26. The van der Waals surface area contributed by atoms with Crippen LogP contribution in [0.15, 0.2) is 0 Å². The van der Waals surface area contributed by atoms with Gasteiger partial charge in [-0.25, -0.2) is 0 Å². The summed E-state index contributed by atoms with van der Waals surface area (Å²) in [5, 5.41) is 0. The molecule has 1 amide bonds. The number of amides is 1. The first-order valence-electron chi connectivity index (χ1n) is 6.61. The Morgan fingerprint density at radius 2 is 2.06 bits per heavy atom. The molecule has 17 heavy (non-hydrogen) atoms. The van der Waals surface area contributed by atoms with E-state index >= 15 is 0 Å². The van der Waals surface area contributed by atoms with Crippen molar-refractivity contribution in [2.75, 3.05) is 26.7 Å². The summed E-state index contributed by atoms with van der Waals surface area (Å²) in [6, 6.07) is 0.395. The predicted molar refractivity (Wildman–Crippen MR) is 70.6 cm³/mol. The molecule has 0 atom stereocenters. The Morgan fingerprint density at radius 1 is 1.41 bits per heavy atom. The molecular weight excluding hydrogens is 212 g/mol. The summed E-state index contributed by atoms with van der Waals surface area (Å²) in [6.45, 7) is 6.91. The molecule has 0 bridgehead atoms. The molecule has 0 radical (unpaired) electrons. The van der Waals surface area contributed by atoms with Crippen LogP contribution in [0.25, 0.3) is 0 Å². The molecular formula is C14H24N2O. The fourth-order valence-corrected chi connectivity index (χ4v) is 2.26. The molecule has 0 unspecified atom stereocenters. The zero-order valence-corrected chi connectivity index (χ0v) is 11.3. The first kappa shape index (κ1) is 14.1. The lowest BCUT2D eigenvalue weighted by Gasteiger charge is -2.36. The summed E-state index contributed by atoms with van der Waals surface area (Å²) in [7, 11) is 2.14. The van der Waals surface area contributed by atoms with Crippen LogP contribution in [0.5, 0.6) is 0 Å². The second kappa shape index (κ2) is 7.34. The third kappa shape index (κ3) is 4.40. The summed E-state index contributed by atoms with van der Waals surface area (Å²) in [6.07, 6.45) is 4.36. The number of rotatable bonds is 4. The molecule has 1 fully saturated rings. The van der Waals surface area contributed by atoms with Crippen molar-refractivity contribution in [1.29, 1.82) is 0 Å². The van der Waals surface area contributed by atoms with Gasteiger partial charge in [0.1, 0.15) is 0 Å². The molecule has 1 heterocycles. The lowest BCUT2D eigenvalue weighted by molar-refractivity contribution is -0.128. The number of unbranched alkanes of at least 4 members (excludes halogenated alkanes) is 1. The zero-order chi connectivity index (χ0) is 12.7. The van der Waals surface area contributed by atoms with Crippen molar-refractivity contribution in [1.82, 2.24) is 9.80 Å². The highest BCUT2D eigenvalue weighted by Crippen LogP contribution is 2.16. The summed E-state index contributed by atoms with van der Waals surface area (Å²) in [5.41, 5.74) is 0. The van der Waals surface area contributed by atoms with Crippen LogP contribution in [0.2, 0.25) is 0 Å². The maximum atomic E-state index is 12.0. The lowest BCUT2D eigenvalue weighted by atomic mass is 10.0. The summed E-state index contributed by atoms with van der Waals surface area (Å²) >= 11 is 0. The number of hydrogen-bond donors (Lipinski definition) is 0. The van der Waals surface area contributed by atoms with E-state index in [0.29, 0.717) is 6.04 Å². The van der Waals surface area contributed by atoms with Crippen LogP contribution in [-0.2, 0) is 4.79 Å². The van der Waals surface area contributed by atoms with Crippen LogP contribution in [0.3, 0.4) is 0 Å². The van der Waals surface area contributed by atoms with Crippen LogP contribution < -0.4 is 0 Å². The van der Waals surface area contributed by atoms with Crippen LogP contribution >= 0.6 is 0 Å². The Morgan fingerprint density at radius 3 is 2.59 bits per heavy atom. The van der Waals surface area contributed by atoms with Gasteiger partial charge in [-0.2, -0.15) is 0 Å². The van der Waals surface area contributed by atoms with Crippen LogP contribution in [0.4, 0.5) is 0 Å². The molecule has 3 nitrogen and oxygen atoms in total. The van der Waals surface area contributed by atoms with Crippen LogP contribution in [0.1, 0.15) is 39.5 Å². The molecule has 0 aromatic heterocycles. The summed E-state index contributed by atoms with van der Waals surface area (Å²) < 4.78 is 0. The Kier molecular flexibility index (Phi) is 6.07. The lowest BCUT2D eigenvalue weighted by Crippen LogP contribution is -2.46. The van der Waals surface area contributed by atoms with E-state index in [2.05, 4.69) is 30.7 Å². The molecule has 0 aromatic rings. The van der Waals surface area contributed by atoms with Crippen LogP contribution in [0, 0.1) is 11.8 Å². The highest BCUT2D eigenvalue weighted by molar-refractivity contribution is 5.93. The van der Waals surface area contributed by atoms with Gasteiger partial charge in [-0.05, 0) is 52.2 Å². The maximum Gasteiger partial charge on any atom is 0.298 e. The molecule has 0 spiro atoms. The van der Waals surface area contributed by atoms with E-state index < -0.39 is 0 Å². The predicted octanol–water partition coefficient (Wildman–Crippen LogP) is 1.73. The van der Waals surface area contributed by atoms with Gasteiger partial charge >= 0.3 is 0 Å². The topological polar surface area (TPSA) is 23.6 Å². The number of hydrogen-bond acceptors (Lipinski definition) is 2. The van der Waals surface area contributed by atoms with E-state index in [1.54, 1.807) is 6.92 Å². The Labute approximate surface area is 105 Å². The number of carbonyl (C=O) groups is 1. The van der Waals surface area contributed by atoms with Gasteiger partial charge in [-0.1, -0.05) is 19.3 Å². The monoisotopic (exact) mass is 236 g/mol. The smallest absolute Gasteiger partial charge is 0.298 e. The quantitative estimate of drug-likeness (QED) is 0.694. The molecule has 0 N–H and O–H groups in total. The number of nitrogens with zero attached hydrogens (tertiary/aromatic N) is 2. The molecule has 0 aliphatic carbocycles. The first-order chi connectivity index (χ1) is 8.19. The fraction of sp³-hybridized carbons (Fsp3) is 0.786. The standard InChI is InChI=1S/C14H24N2O/c1-4-6-10-16(14(17)7-5-2)13-8-11-15(3)12-9-13/h13H,4,6,8-12H2,1-3H3. The summed E-state index contributed by atoms with van der Waals surface area (Å²) in [4.78, 5) is 16.3. The van der Waals surface area contributed by atoms with Gasteiger partial charge in [0, 0.05) is 12.6 Å². The van der Waals surface area contributed by atoms with E-state index in [0.717, 1.165) is 45.3 Å². The van der Waals surface area contributed by atoms with Crippen LogP contribution in [-0.4, -0.2) is 48.4 Å². The molecule has 1 rings (SSSR count). The third-order valence-electron chi connectivity index (χ3n) is 3.37. The Hall–Kier alpha value is -1.01. The van der Waals surface area contributed by atoms with Gasteiger partial charge in [-0.3, -0.25) is 4.79 Å². The van der Waals surface area contributed by atoms with Crippen molar-refractivity contribution in [2.45, 2.75) is 45.6 Å². The Balaban J connectivity index is 2.60. The second-order valence-corrected chi connectivity index (χ2v) is 4.76. The van der Waals surface area contributed by atoms with Gasteiger partial charge in [0.2, 0.25) is 0 Å². The van der Waals surface area contributed by atoms with E-state index in [1.807, 2.05) is 4.90 Å². The zero-order valence-electron chi connectivity index (χ0n) is 11.3. The largest absolute Gasteiger partial charge is 0.329 e. The van der Waals surface area contributed by atoms with E-state index in [-0.39, 0.29) is 5.91 Å². The van der Waals surface area contributed by atoms with Crippen molar-refractivity contribution in [3.8, 4) is 11.8 Å². The van der Waals surface area contributed by atoms with Crippen molar-refractivity contribution in [3.63, 3.8) is 0 Å². The number of carbonyl (C=O) groups excluding carboxylic acids is 1. The van der Waals surface area contributed by atoms with Crippen molar-refractivity contribution >= 4 is 5.91 Å². The average molecular weight is 236 g/mol. The highest BCUT2D eigenvalue weighted by Gasteiger charge is 2.25.